The van der Waals surface area contributed by atoms with E-state index in [9.17, 15) is 9.59 Å². The Labute approximate surface area is 191 Å². The van der Waals surface area contributed by atoms with Gasteiger partial charge >= 0.3 is 0 Å². The number of carbonyl (C=O) groups is 2. The average molecular weight is 496 g/mol. The predicted octanol–water partition coefficient (Wildman–Crippen LogP) is 4.98. The van der Waals surface area contributed by atoms with Gasteiger partial charge in [0.2, 0.25) is 5.91 Å². The molecule has 30 heavy (non-hydrogen) atoms. The molecule has 0 saturated carbocycles. The van der Waals surface area contributed by atoms with E-state index in [1.54, 1.807) is 30.0 Å². The molecule has 0 bridgehead atoms. The smallest absolute Gasteiger partial charge is 0.261 e. The van der Waals surface area contributed by atoms with Gasteiger partial charge in [0.25, 0.3) is 5.91 Å². The Bertz CT molecular complexity index is 889. The zero-order valence-corrected chi connectivity index (χ0v) is 20.1. The summed E-state index contributed by atoms with van der Waals surface area (Å²) >= 11 is 9.34. The Morgan fingerprint density at radius 3 is 2.50 bits per heavy atom. The minimum absolute atomic E-state index is 0.182. The molecule has 2 amide bonds. The molecule has 0 saturated heterocycles. The number of rotatable bonds is 9. The van der Waals surface area contributed by atoms with Crippen LogP contribution < -0.4 is 10.1 Å². The van der Waals surface area contributed by atoms with Crippen LogP contribution in [0.5, 0.6) is 5.75 Å². The minimum atomic E-state index is -0.631. The van der Waals surface area contributed by atoms with E-state index in [1.807, 2.05) is 45.0 Å². The van der Waals surface area contributed by atoms with Crippen LogP contribution in [0.4, 0.5) is 0 Å². The second-order valence-corrected chi connectivity index (χ2v) is 8.92. The van der Waals surface area contributed by atoms with Crippen LogP contribution in [0.2, 0.25) is 5.02 Å². The highest BCUT2D eigenvalue weighted by molar-refractivity contribution is 9.10. The molecular formula is C23H28BrClN2O3. The number of nitrogens with zero attached hydrogens (tertiary/aromatic N) is 1. The summed E-state index contributed by atoms with van der Waals surface area (Å²) in [5.74, 6) is 0.387. The standard InChI is InChI=1S/C23H28BrClN2O3/c1-15(2)12-26-23(29)17(4)27(13-18-8-6-5-7-16(18)3)22(28)14-30-21-10-9-19(25)11-20(21)24/h5-11,15,17H,12-14H2,1-4H3,(H,26,29)/t17-/m0/s1. The summed E-state index contributed by atoms with van der Waals surface area (Å²) in [4.78, 5) is 27.3. The number of hydrogen-bond acceptors (Lipinski definition) is 3. The molecule has 0 unspecified atom stereocenters. The summed E-state index contributed by atoms with van der Waals surface area (Å²) in [5.41, 5.74) is 2.05. The van der Waals surface area contributed by atoms with Crippen LogP contribution in [-0.4, -0.2) is 35.9 Å². The molecule has 2 aromatic carbocycles. The third-order valence-electron chi connectivity index (χ3n) is 4.70. The number of nitrogens with one attached hydrogen (secondary N) is 1. The number of benzene rings is 2. The van der Waals surface area contributed by atoms with Crippen molar-refractivity contribution in [2.75, 3.05) is 13.2 Å². The lowest BCUT2D eigenvalue weighted by molar-refractivity contribution is -0.142. The molecule has 0 aliphatic carbocycles. The monoisotopic (exact) mass is 494 g/mol. The van der Waals surface area contributed by atoms with Gasteiger partial charge in [0, 0.05) is 18.1 Å². The Morgan fingerprint density at radius 2 is 1.87 bits per heavy atom. The SMILES string of the molecule is Cc1ccccc1CN(C(=O)COc1ccc(Cl)cc1Br)[C@@H](C)C(=O)NCC(C)C. The summed E-state index contributed by atoms with van der Waals surface area (Å²) in [6, 6.07) is 12.3. The lowest BCUT2D eigenvalue weighted by atomic mass is 10.1. The van der Waals surface area contributed by atoms with Crippen molar-refractivity contribution in [1.29, 1.82) is 0 Å². The van der Waals surface area contributed by atoms with Crippen molar-refractivity contribution in [1.82, 2.24) is 10.2 Å². The molecule has 0 heterocycles. The van der Waals surface area contributed by atoms with E-state index in [0.29, 0.717) is 34.3 Å². The van der Waals surface area contributed by atoms with Crippen molar-refractivity contribution in [3.05, 3.63) is 63.1 Å². The van der Waals surface area contributed by atoms with Crippen LogP contribution in [-0.2, 0) is 16.1 Å². The van der Waals surface area contributed by atoms with Gasteiger partial charge in [-0.1, -0.05) is 49.7 Å². The molecule has 5 nitrogen and oxygen atoms in total. The maximum atomic E-state index is 13.1. The van der Waals surface area contributed by atoms with Gasteiger partial charge in [-0.3, -0.25) is 9.59 Å². The molecule has 0 aliphatic heterocycles. The first-order valence-corrected chi connectivity index (χ1v) is 11.1. The summed E-state index contributed by atoms with van der Waals surface area (Å²) in [5, 5.41) is 3.48. The van der Waals surface area contributed by atoms with Gasteiger partial charge in [0.05, 0.1) is 4.47 Å². The van der Waals surface area contributed by atoms with Crippen molar-refractivity contribution in [3.63, 3.8) is 0 Å². The Balaban J connectivity index is 2.17. The summed E-state index contributed by atoms with van der Waals surface area (Å²) in [7, 11) is 0. The molecule has 162 valence electrons. The van der Waals surface area contributed by atoms with Gasteiger partial charge in [-0.25, -0.2) is 0 Å². The Kier molecular flexibility index (Phi) is 9.18. The second-order valence-electron chi connectivity index (χ2n) is 7.63. The first-order chi connectivity index (χ1) is 14.2. The molecule has 1 atom stereocenters. The lowest BCUT2D eigenvalue weighted by Gasteiger charge is -2.29. The van der Waals surface area contributed by atoms with Gasteiger partial charge in [0.1, 0.15) is 11.8 Å². The van der Waals surface area contributed by atoms with Crippen molar-refractivity contribution in [3.8, 4) is 5.75 Å². The van der Waals surface area contributed by atoms with E-state index in [2.05, 4.69) is 21.2 Å². The number of hydrogen-bond donors (Lipinski definition) is 1. The molecule has 2 aromatic rings. The highest BCUT2D eigenvalue weighted by atomic mass is 79.9. The zero-order valence-electron chi connectivity index (χ0n) is 17.7. The van der Waals surface area contributed by atoms with Crippen molar-refractivity contribution < 1.29 is 14.3 Å². The van der Waals surface area contributed by atoms with Gasteiger partial charge in [0.15, 0.2) is 6.61 Å². The van der Waals surface area contributed by atoms with E-state index in [4.69, 9.17) is 16.3 Å². The number of carbonyl (C=O) groups excluding carboxylic acids is 2. The lowest BCUT2D eigenvalue weighted by Crippen LogP contribution is -2.49. The third kappa shape index (κ3) is 7.03. The molecule has 2 rings (SSSR count). The van der Waals surface area contributed by atoms with E-state index >= 15 is 0 Å². The Hall–Kier alpha value is -2.05. The van der Waals surface area contributed by atoms with Crippen LogP contribution in [0.25, 0.3) is 0 Å². The van der Waals surface area contributed by atoms with Crippen molar-refractivity contribution >= 4 is 39.3 Å². The predicted molar refractivity (Wildman–Crippen MR) is 124 cm³/mol. The fraction of sp³-hybridized carbons (Fsp3) is 0.391. The molecule has 1 N–H and O–H groups in total. The number of ether oxygens (including phenoxy) is 1. The molecular weight excluding hydrogens is 468 g/mol. The maximum Gasteiger partial charge on any atom is 0.261 e. The summed E-state index contributed by atoms with van der Waals surface area (Å²) in [6.07, 6.45) is 0. The Morgan fingerprint density at radius 1 is 1.17 bits per heavy atom. The maximum absolute atomic E-state index is 13.1. The summed E-state index contributed by atoms with van der Waals surface area (Å²) < 4.78 is 6.37. The second kappa shape index (κ2) is 11.4. The highest BCUT2D eigenvalue weighted by Crippen LogP contribution is 2.28. The average Bonchev–Trinajstić information content (AvgIpc) is 2.70. The molecule has 0 radical (unpaired) electrons. The van der Waals surface area contributed by atoms with Crippen LogP contribution in [0.3, 0.4) is 0 Å². The topological polar surface area (TPSA) is 58.6 Å². The fourth-order valence-corrected chi connectivity index (χ4v) is 3.62. The van der Waals surface area contributed by atoms with E-state index < -0.39 is 6.04 Å². The normalized spacial score (nSPS) is 11.8. The van der Waals surface area contributed by atoms with E-state index in [-0.39, 0.29) is 18.4 Å². The van der Waals surface area contributed by atoms with Gasteiger partial charge in [-0.05, 0) is 65.0 Å². The zero-order chi connectivity index (χ0) is 22.3. The highest BCUT2D eigenvalue weighted by Gasteiger charge is 2.27. The van der Waals surface area contributed by atoms with Crippen LogP contribution in [0.1, 0.15) is 31.9 Å². The van der Waals surface area contributed by atoms with Gasteiger partial charge in [-0.2, -0.15) is 0 Å². The molecule has 7 heteroatoms. The third-order valence-corrected chi connectivity index (χ3v) is 5.55. The number of aryl methyl sites for hydroxylation is 1. The van der Waals surface area contributed by atoms with Gasteiger partial charge < -0.3 is 15.0 Å². The first-order valence-electron chi connectivity index (χ1n) is 9.88. The van der Waals surface area contributed by atoms with Crippen LogP contribution >= 0.6 is 27.5 Å². The van der Waals surface area contributed by atoms with Crippen LogP contribution in [0, 0.1) is 12.8 Å². The number of amides is 2. The molecule has 0 aliphatic rings. The summed E-state index contributed by atoms with van der Waals surface area (Å²) in [6.45, 7) is 8.48. The first kappa shape index (κ1) is 24.2. The number of halogens is 2. The molecule has 0 spiro atoms. The largest absolute Gasteiger partial charge is 0.483 e. The minimum Gasteiger partial charge on any atom is -0.483 e. The van der Waals surface area contributed by atoms with E-state index in [0.717, 1.165) is 11.1 Å². The van der Waals surface area contributed by atoms with Crippen molar-refractivity contribution in [2.24, 2.45) is 5.92 Å². The molecule has 0 fully saturated rings. The quantitative estimate of drug-likeness (QED) is 0.534. The molecule has 0 aromatic heterocycles. The fourth-order valence-electron chi connectivity index (χ4n) is 2.82. The van der Waals surface area contributed by atoms with Crippen LogP contribution in [0.15, 0.2) is 46.9 Å². The van der Waals surface area contributed by atoms with E-state index in [1.165, 1.54) is 0 Å². The van der Waals surface area contributed by atoms with Crippen molar-refractivity contribution in [2.45, 2.75) is 40.3 Å². The van der Waals surface area contributed by atoms with Gasteiger partial charge in [-0.15, -0.1) is 0 Å².